The van der Waals surface area contributed by atoms with Crippen molar-refractivity contribution in [3.8, 4) is 0 Å². The number of nitro benzene ring substituents is 1. The van der Waals surface area contributed by atoms with Gasteiger partial charge in [0.05, 0.1) is 4.92 Å². The summed E-state index contributed by atoms with van der Waals surface area (Å²) in [6.45, 7) is 4.20. The van der Waals surface area contributed by atoms with Crippen LogP contribution in [-0.4, -0.2) is 4.92 Å². The average Bonchev–Trinajstić information content (AvgIpc) is 2.46. The van der Waals surface area contributed by atoms with Crippen LogP contribution >= 0.6 is 0 Å². The Labute approximate surface area is 122 Å². The molecule has 0 unspecified atom stereocenters. The molecule has 0 aliphatic heterocycles. The SMILES string of the molecule is Cc1ccc(CN[C@H](C)c2ccc(F)cc2)cc1[N+](=O)[O-]. The standard InChI is InChI=1S/C16H17FN2O2/c1-11-3-4-13(9-16(11)19(20)21)10-18-12(2)14-5-7-15(17)8-6-14/h3-9,12,18H,10H2,1-2H3/t12-/m1/s1. The monoisotopic (exact) mass is 288 g/mol. The number of halogens is 1. The number of hydrogen-bond donors (Lipinski definition) is 1. The highest BCUT2D eigenvalue weighted by Crippen LogP contribution is 2.20. The zero-order chi connectivity index (χ0) is 15.4. The summed E-state index contributed by atoms with van der Waals surface area (Å²) in [5.74, 6) is -0.264. The topological polar surface area (TPSA) is 55.2 Å². The molecule has 0 fully saturated rings. The summed E-state index contributed by atoms with van der Waals surface area (Å²) >= 11 is 0. The van der Waals surface area contributed by atoms with E-state index in [0.717, 1.165) is 11.1 Å². The largest absolute Gasteiger partial charge is 0.306 e. The van der Waals surface area contributed by atoms with E-state index in [1.165, 1.54) is 12.1 Å². The van der Waals surface area contributed by atoms with Gasteiger partial charge in [-0.1, -0.05) is 24.3 Å². The lowest BCUT2D eigenvalue weighted by atomic mass is 10.1. The molecule has 0 saturated carbocycles. The van der Waals surface area contributed by atoms with Crippen LogP contribution in [-0.2, 0) is 6.54 Å². The summed E-state index contributed by atoms with van der Waals surface area (Å²) in [7, 11) is 0. The minimum atomic E-state index is -0.373. The highest BCUT2D eigenvalue weighted by molar-refractivity contribution is 5.42. The van der Waals surface area contributed by atoms with E-state index in [9.17, 15) is 14.5 Å². The minimum Gasteiger partial charge on any atom is -0.306 e. The minimum absolute atomic E-state index is 0.0333. The van der Waals surface area contributed by atoms with Gasteiger partial charge in [-0.3, -0.25) is 10.1 Å². The van der Waals surface area contributed by atoms with Gasteiger partial charge in [0.2, 0.25) is 0 Å². The van der Waals surface area contributed by atoms with Gasteiger partial charge < -0.3 is 5.32 Å². The van der Waals surface area contributed by atoms with E-state index in [2.05, 4.69) is 5.32 Å². The first-order chi connectivity index (χ1) is 9.97. The third kappa shape index (κ3) is 3.86. The summed E-state index contributed by atoms with van der Waals surface area (Å²) in [6.07, 6.45) is 0. The second-order valence-electron chi connectivity index (χ2n) is 5.03. The van der Waals surface area contributed by atoms with Crippen molar-refractivity contribution in [3.63, 3.8) is 0 Å². The van der Waals surface area contributed by atoms with Crippen LogP contribution in [0, 0.1) is 22.9 Å². The first-order valence-corrected chi connectivity index (χ1v) is 6.70. The number of rotatable bonds is 5. The fraction of sp³-hybridized carbons (Fsp3) is 0.250. The number of aryl methyl sites for hydroxylation is 1. The van der Waals surface area contributed by atoms with Crippen molar-refractivity contribution < 1.29 is 9.31 Å². The molecule has 2 aromatic rings. The molecule has 0 saturated heterocycles. The number of nitro groups is 1. The zero-order valence-electron chi connectivity index (χ0n) is 12.0. The highest BCUT2D eigenvalue weighted by Gasteiger charge is 2.11. The Bertz CT molecular complexity index is 641. The molecule has 5 heteroatoms. The highest BCUT2D eigenvalue weighted by atomic mass is 19.1. The third-order valence-corrected chi connectivity index (χ3v) is 3.45. The average molecular weight is 288 g/mol. The molecule has 2 aromatic carbocycles. The Balaban J connectivity index is 2.04. The van der Waals surface area contributed by atoms with Gasteiger partial charge in [0.1, 0.15) is 5.82 Å². The molecule has 110 valence electrons. The first kappa shape index (κ1) is 15.1. The first-order valence-electron chi connectivity index (χ1n) is 6.70. The summed E-state index contributed by atoms with van der Waals surface area (Å²) in [4.78, 5) is 10.5. The maximum atomic E-state index is 12.9. The summed E-state index contributed by atoms with van der Waals surface area (Å²) in [5.41, 5.74) is 2.60. The molecular weight excluding hydrogens is 271 g/mol. The van der Waals surface area contributed by atoms with Gasteiger partial charge in [0, 0.05) is 24.2 Å². The van der Waals surface area contributed by atoms with Crippen LogP contribution in [0.4, 0.5) is 10.1 Å². The van der Waals surface area contributed by atoms with E-state index in [1.807, 2.05) is 13.0 Å². The lowest BCUT2D eigenvalue weighted by molar-refractivity contribution is -0.385. The Morgan fingerprint density at radius 3 is 2.52 bits per heavy atom. The Hall–Kier alpha value is -2.27. The zero-order valence-corrected chi connectivity index (χ0v) is 12.0. The van der Waals surface area contributed by atoms with Crippen molar-refractivity contribution in [2.45, 2.75) is 26.4 Å². The van der Waals surface area contributed by atoms with E-state index in [4.69, 9.17) is 0 Å². The number of hydrogen-bond acceptors (Lipinski definition) is 3. The van der Waals surface area contributed by atoms with E-state index in [1.54, 1.807) is 31.2 Å². The van der Waals surface area contributed by atoms with Crippen molar-refractivity contribution >= 4 is 5.69 Å². The molecule has 1 atom stereocenters. The summed E-state index contributed by atoms with van der Waals surface area (Å²) in [5, 5.41) is 14.2. The lowest BCUT2D eigenvalue weighted by Crippen LogP contribution is -2.18. The molecule has 0 spiro atoms. The van der Waals surface area contributed by atoms with Gasteiger partial charge >= 0.3 is 0 Å². The van der Waals surface area contributed by atoms with E-state index < -0.39 is 0 Å². The number of benzene rings is 2. The normalized spacial score (nSPS) is 12.1. The van der Waals surface area contributed by atoms with Gasteiger partial charge in [0.25, 0.3) is 5.69 Å². The molecule has 2 rings (SSSR count). The molecule has 0 amide bonds. The third-order valence-electron chi connectivity index (χ3n) is 3.45. The predicted molar refractivity (Wildman–Crippen MR) is 79.5 cm³/mol. The molecule has 0 aromatic heterocycles. The number of nitrogens with one attached hydrogen (secondary N) is 1. The molecular formula is C16H17FN2O2. The van der Waals surface area contributed by atoms with E-state index in [-0.39, 0.29) is 22.5 Å². The van der Waals surface area contributed by atoms with Crippen LogP contribution in [0.1, 0.15) is 29.7 Å². The fourth-order valence-corrected chi connectivity index (χ4v) is 2.10. The second-order valence-corrected chi connectivity index (χ2v) is 5.03. The second kappa shape index (κ2) is 6.45. The molecule has 1 N–H and O–H groups in total. The van der Waals surface area contributed by atoms with Crippen LogP contribution in [0.25, 0.3) is 0 Å². The predicted octanol–water partition coefficient (Wildman–Crippen LogP) is 3.89. The van der Waals surface area contributed by atoms with Crippen LogP contribution in [0.5, 0.6) is 0 Å². The summed E-state index contributed by atoms with van der Waals surface area (Å²) < 4.78 is 12.9. The Morgan fingerprint density at radius 2 is 1.90 bits per heavy atom. The van der Waals surface area contributed by atoms with Crippen LogP contribution in [0.15, 0.2) is 42.5 Å². The Morgan fingerprint density at radius 1 is 1.24 bits per heavy atom. The maximum Gasteiger partial charge on any atom is 0.272 e. The van der Waals surface area contributed by atoms with E-state index in [0.29, 0.717) is 12.1 Å². The Kier molecular flexibility index (Phi) is 4.65. The smallest absolute Gasteiger partial charge is 0.272 e. The van der Waals surface area contributed by atoms with Crippen LogP contribution < -0.4 is 5.32 Å². The molecule has 0 aliphatic carbocycles. The van der Waals surface area contributed by atoms with Crippen LogP contribution in [0.3, 0.4) is 0 Å². The molecule has 0 bridgehead atoms. The van der Waals surface area contributed by atoms with Crippen molar-refractivity contribution in [2.75, 3.05) is 0 Å². The maximum absolute atomic E-state index is 12.9. The van der Waals surface area contributed by atoms with Crippen LogP contribution in [0.2, 0.25) is 0 Å². The number of nitrogens with zero attached hydrogens (tertiary/aromatic N) is 1. The van der Waals surface area contributed by atoms with Crippen molar-refractivity contribution in [3.05, 3.63) is 75.1 Å². The van der Waals surface area contributed by atoms with Crippen molar-refractivity contribution in [1.29, 1.82) is 0 Å². The molecule has 0 heterocycles. The summed E-state index contributed by atoms with van der Waals surface area (Å²) in [6, 6.07) is 11.5. The quantitative estimate of drug-likeness (QED) is 0.670. The van der Waals surface area contributed by atoms with E-state index >= 15 is 0 Å². The van der Waals surface area contributed by atoms with Gasteiger partial charge in [0.15, 0.2) is 0 Å². The van der Waals surface area contributed by atoms with Gasteiger partial charge in [-0.25, -0.2) is 4.39 Å². The van der Waals surface area contributed by atoms with Gasteiger partial charge in [-0.05, 0) is 37.1 Å². The molecule has 0 aliphatic rings. The fourth-order valence-electron chi connectivity index (χ4n) is 2.10. The lowest BCUT2D eigenvalue weighted by Gasteiger charge is -2.14. The van der Waals surface area contributed by atoms with Gasteiger partial charge in [-0.2, -0.15) is 0 Å². The molecule has 4 nitrogen and oxygen atoms in total. The van der Waals surface area contributed by atoms with Crippen molar-refractivity contribution in [2.24, 2.45) is 0 Å². The molecule has 21 heavy (non-hydrogen) atoms. The van der Waals surface area contributed by atoms with Crippen molar-refractivity contribution in [1.82, 2.24) is 5.32 Å². The molecule has 0 radical (unpaired) electrons. The van der Waals surface area contributed by atoms with Gasteiger partial charge in [-0.15, -0.1) is 0 Å².